The molecule has 1 heterocycles. The first-order valence-corrected chi connectivity index (χ1v) is 8.27. The van der Waals surface area contributed by atoms with Crippen LogP contribution in [0.15, 0.2) is 48.5 Å². The highest BCUT2D eigenvalue weighted by Crippen LogP contribution is 2.27. The number of benzene rings is 2. The lowest BCUT2D eigenvalue weighted by molar-refractivity contribution is -0.118. The highest BCUT2D eigenvalue weighted by Gasteiger charge is 2.13. The summed E-state index contributed by atoms with van der Waals surface area (Å²) < 4.78 is 10.9. The van der Waals surface area contributed by atoms with Gasteiger partial charge in [0, 0.05) is 0 Å². The molecule has 0 aliphatic rings. The molecule has 0 aliphatic heterocycles. The Morgan fingerprint density at radius 3 is 2.62 bits per heavy atom. The average Bonchev–Trinajstić information content (AvgIpc) is 3.14. The molecule has 7 nitrogen and oxygen atoms in total. The van der Waals surface area contributed by atoms with Gasteiger partial charge in [0.05, 0.1) is 12.7 Å². The monoisotopic (exact) mass is 352 g/mol. The number of carbonyl (C=O) groups is 1. The van der Waals surface area contributed by atoms with Crippen LogP contribution in [-0.2, 0) is 11.2 Å². The third-order valence-electron chi connectivity index (χ3n) is 3.81. The number of amides is 1. The van der Waals surface area contributed by atoms with Gasteiger partial charge in [-0.25, -0.2) is 0 Å². The molecule has 2 aromatic carbocycles. The number of nitrogens with zero attached hydrogens (tertiary/aromatic N) is 2. The Morgan fingerprint density at radius 2 is 1.85 bits per heavy atom. The van der Waals surface area contributed by atoms with Crippen LogP contribution in [0.2, 0.25) is 0 Å². The molecule has 0 bridgehead atoms. The van der Waals surface area contributed by atoms with Gasteiger partial charge < -0.3 is 9.47 Å². The molecular weight excluding hydrogens is 332 g/mol. The summed E-state index contributed by atoms with van der Waals surface area (Å²) in [5, 5.41) is 9.43. The van der Waals surface area contributed by atoms with E-state index >= 15 is 0 Å². The van der Waals surface area contributed by atoms with Crippen molar-refractivity contribution < 1.29 is 14.3 Å². The van der Waals surface area contributed by atoms with Crippen molar-refractivity contribution >= 4 is 11.9 Å². The molecule has 0 atom stereocenters. The van der Waals surface area contributed by atoms with Crippen LogP contribution in [0.3, 0.4) is 0 Å². The van der Waals surface area contributed by atoms with E-state index in [-0.39, 0.29) is 18.5 Å². The first-order valence-electron chi connectivity index (χ1n) is 8.27. The molecule has 1 aromatic heterocycles. The molecule has 3 aromatic rings. The van der Waals surface area contributed by atoms with Gasteiger partial charge in [0.15, 0.2) is 12.4 Å². The summed E-state index contributed by atoms with van der Waals surface area (Å²) in [5.41, 5.74) is 1.81. The summed E-state index contributed by atoms with van der Waals surface area (Å²) in [6.45, 7) is 1.92. The summed E-state index contributed by atoms with van der Waals surface area (Å²) in [7, 11) is 1.59. The first kappa shape index (κ1) is 17.5. The molecule has 2 N–H and O–H groups in total. The fourth-order valence-corrected chi connectivity index (χ4v) is 2.52. The standard InChI is InChI=1S/C19H20N4O3/c1-3-13-8-4-6-10-15(13)26-12-17(24)20-19-21-18(22-23-19)14-9-5-7-11-16(14)25-2/h4-11H,3,12H2,1-2H3,(H2,20,21,22,23,24). The van der Waals surface area contributed by atoms with E-state index in [4.69, 9.17) is 9.47 Å². The number of H-pyrrole nitrogens is 1. The largest absolute Gasteiger partial charge is 0.496 e. The van der Waals surface area contributed by atoms with E-state index in [0.717, 1.165) is 17.5 Å². The van der Waals surface area contributed by atoms with Crippen LogP contribution in [0.5, 0.6) is 11.5 Å². The van der Waals surface area contributed by atoms with E-state index in [1.54, 1.807) is 7.11 Å². The van der Waals surface area contributed by atoms with Crippen molar-refractivity contribution in [2.45, 2.75) is 13.3 Å². The van der Waals surface area contributed by atoms with Crippen LogP contribution in [0, 0.1) is 0 Å². The molecule has 3 rings (SSSR count). The number of anilines is 1. The predicted octanol–water partition coefficient (Wildman–Crippen LogP) is 3.06. The predicted molar refractivity (Wildman–Crippen MR) is 98.3 cm³/mol. The topological polar surface area (TPSA) is 89.1 Å². The normalized spacial score (nSPS) is 10.4. The van der Waals surface area contributed by atoms with Crippen LogP contribution in [0.25, 0.3) is 11.4 Å². The molecular formula is C19H20N4O3. The summed E-state index contributed by atoms with van der Waals surface area (Å²) in [5.74, 6) is 1.73. The second-order valence-corrected chi connectivity index (χ2v) is 5.51. The number of para-hydroxylation sites is 2. The summed E-state index contributed by atoms with van der Waals surface area (Å²) in [6, 6.07) is 15.1. The number of hydrogen-bond donors (Lipinski definition) is 2. The van der Waals surface area contributed by atoms with Gasteiger partial charge in [-0.1, -0.05) is 37.3 Å². The van der Waals surface area contributed by atoms with Crippen LogP contribution < -0.4 is 14.8 Å². The molecule has 0 radical (unpaired) electrons. The molecule has 0 fully saturated rings. The maximum atomic E-state index is 12.1. The van der Waals surface area contributed by atoms with Gasteiger partial charge in [-0.05, 0) is 30.2 Å². The zero-order valence-corrected chi connectivity index (χ0v) is 14.7. The molecule has 134 valence electrons. The Kier molecular flexibility index (Phi) is 5.48. The molecule has 1 amide bonds. The fourth-order valence-electron chi connectivity index (χ4n) is 2.52. The highest BCUT2D eigenvalue weighted by molar-refractivity contribution is 5.90. The SMILES string of the molecule is CCc1ccccc1OCC(=O)Nc1n[nH]c(-c2ccccc2OC)n1. The lowest BCUT2D eigenvalue weighted by atomic mass is 10.1. The Bertz CT molecular complexity index is 892. The smallest absolute Gasteiger partial charge is 0.264 e. The van der Waals surface area contributed by atoms with E-state index < -0.39 is 0 Å². The van der Waals surface area contributed by atoms with Gasteiger partial charge in [0.1, 0.15) is 11.5 Å². The van der Waals surface area contributed by atoms with Crippen molar-refractivity contribution in [3.8, 4) is 22.9 Å². The van der Waals surface area contributed by atoms with Crippen molar-refractivity contribution in [3.05, 3.63) is 54.1 Å². The maximum absolute atomic E-state index is 12.1. The van der Waals surface area contributed by atoms with Crippen LogP contribution in [-0.4, -0.2) is 34.8 Å². The minimum Gasteiger partial charge on any atom is -0.496 e. The molecule has 0 unspecified atom stereocenters. The van der Waals surface area contributed by atoms with Crippen LogP contribution in [0.4, 0.5) is 5.95 Å². The minimum atomic E-state index is -0.332. The number of methoxy groups -OCH3 is 1. The summed E-state index contributed by atoms with van der Waals surface area (Å²) in [6.07, 6.45) is 0.834. The van der Waals surface area contributed by atoms with Gasteiger partial charge in [0.2, 0.25) is 5.95 Å². The zero-order valence-electron chi connectivity index (χ0n) is 14.7. The Labute approximate surface area is 151 Å². The number of aryl methyl sites for hydroxylation is 1. The van der Waals surface area contributed by atoms with Crippen molar-refractivity contribution in [1.82, 2.24) is 15.2 Å². The van der Waals surface area contributed by atoms with E-state index in [1.807, 2.05) is 55.5 Å². The minimum absolute atomic E-state index is 0.116. The van der Waals surface area contributed by atoms with Crippen LogP contribution in [0.1, 0.15) is 12.5 Å². The zero-order chi connectivity index (χ0) is 18.4. The third-order valence-corrected chi connectivity index (χ3v) is 3.81. The molecule has 0 spiro atoms. The third kappa shape index (κ3) is 4.00. The Hall–Kier alpha value is -3.35. The summed E-state index contributed by atoms with van der Waals surface area (Å²) >= 11 is 0. The summed E-state index contributed by atoms with van der Waals surface area (Å²) in [4.78, 5) is 16.4. The second kappa shape index (κ2) is 8.15. The molecule has 7 heteroatoms. The highest BCUT2D eigenvalue weighted by atomic mass is 16.5. The Morgan fingerprint density at radius 1 is 1.12 bits per heavy atom. The van der Waals surface area contributed by atoms with Crippen molar-refractivity contribution in [3.63, 3.8) is 0 Å². The van der Waals surface area contributed by atoms with E-state index in [0.29, 0.717) is 17.3 Å². The van der Waals surface area contributed by atoms with Crippen LogP contribution >= 0.6 is 0 Å². The molecule has 26 heavy (non-hydrogen) atoms. The van der Waals surface area contributed by atoms with E-state index in [9.17, 15) is 4.79 Å². The molecule has 0 saturated carbocycles. The van der Waals surface area contributed by atoms with Gasteiger partial charge in [-0.3, -0.25) is 15.2 Å². The van der Waals surface area contributed by atoms with Crippen molar-refractivity contribution in [1.29, 1.82) is 0 Å². The van der Waals surface area contributed by atoms with Crippen molar-refractivity contribution in [2.24, 2.45) is 0 Å². The second-order valence-electron chi connectivity index (χ2n) is 5.51. The van der Waals surface area contributed by atoms with Gasteiger partial charge in [-0.15, -0.1) is 5.10 Å². The average molecular weight is 352 g/mol. The lowest BCUT2D eigenvalue weighted by Crippen LogP contribution is -2.21. The van der Waals surface area contributed by atoms with E-state index in [2.05, 4.69) is 20.5 Å². The number of nitrogens with one attached hydrogen (secondary N) is 2. The maximum Gasteiger partial charge on any atom is 0.264 e. The Balaban J connectivity index is 1.63. The lowest BCUT2D eigenvalue weighted by Gasteiger charge is -2.09. The molecule has 0 aliphatic carbocycles. The fraction of sp³-hybridized carbons (Fsp3) is 0.211. The number of rotatable bonds is 7. The van der Waals surface area contributed by atoms with Gasteiger partial charge in [-0.2, -0.15) is 4.98 Å². The van der Waals surface area contributed by atoms with Gasteiger partial charge in [0.25, 0.3) is 5.91 Å². The van der Waals surface area contributed by atoms with Crippen molar-refractivity contribution in [2.75, 3.05) is 19.0 Å². The first-order chi connectivity index (χ1) is 12.7. The number of ether oxygens (including phenoxy) is 2. The van der Waals surface area contributed by atoms with E-state index in [1.165, 1.54) is 0 Å². The number of aromatic amines is 1. The number of hydrogen-bond acceptors (Lipinski definition) is 5. The number of carbonyl (C=O) groups excluding carboxylic acids is 1. The quantitative estimate of drug-likeness (QED) is 0.682. The number of aromatic nitrogens is 3. The van der Waals surface area contributed by atoms with Gasteiger partial charge >= 0.3 is 0 Å². The molecule has 0 saturated heterocycles.